The van der Waals surface area contributed by atoms with Gasteiger partial charge in [0.2, 0.25) is 5.91 Å². The summed E-state index contributed by atoms with van der Waals surface area (Å²) in [6.07, 6.45) is 4.93. The van der Waals surface area contributed by atoms with Crippen molar-refractivity contribution >= 4 is 48.6 Å². The molecule has 1 amide bonds. The molecule has 0 bridgehead atoms. The number of aromatic nitrogens is 1. The summed E-state index contributed by atoms with van der Waals surface area (Å²) in [5, 5.41) is 4.96. The molecule has 44 heavy (non-hydrogen) atoms. The Morgan fingerprint density at radius 1 is 0.886 bits per heavy atom. The first-order valence-electron chi connectivity index (χ1n) is 13.0. The zero-order valence-electron chi connectivity index (χ0n) is 24.6. The standard InChI is InChI=1S/C28H27N3O3.2CH4O3S/c1-18-3-10-25(19(2)13-18)28(33)34-17-20-4-6-21(7-5-20)26(15-29)27(32)31-24-9-8-23-16-30-12-11-22(23)14-24;2*1-5(2,3)4/h3-14,16,26H,15,17,29H2,1-2H3,(H,31,32);2*1H3,(H,2,3,4). The Labute approximate surface area is 256 Å². The highest BCUT2D eigenvalue weighted by Gasteiger charge is 2.19. The number of amides is 1. The maximum Gasteiger partial charge on any atom is 0.338 e. The van der Waals surface area contributed by atoms with Crippen LogP contribution >= 0.6 is 0 Å². The average molecular weight is 646 g/mol. The summed E-state index contributed by atoms with van der Waals surface area (Å²) in [5.74, 6) is -1.03. The summed E-state index contributed by atoms with van der Waals surface area (Å²) in [6.45, 7) is 4.20. The van der Waals surface area contributed by atoms with Crippen molar-refractivity contribution in [2.24, 2.45) is 5.73 Å². The summed E-state index contributed by atoms with van der Waals surface area (Å²) in [4.78, 5) is 29.4. The van der Waals surface area contributed by atoms with Crippen molar-refractivity contribution in [3.05, 3.63) is 107 Å². The van der Waals surface area contributed by atoms with Gasteiger partial charge in [0.05, 0.1) is 24.0 Å². The smallest absolute Gasteiger partial charge is 0.338 e. The normalized spacial score (nSPS) is 11.7. The molecule has 0 aliphatic carbocycles. The molecular weight excluding hydrogens is 610 g/mol. The molecule has 0 spiro atoms. The quantitative estimate of drug-likeness (QED) is 0.168. The monoisotopic (exact) mass is 645 g/mol. The molecule has 3 aromatic carbocycles. The number of pyridine rings is 1. The summed E-state index contributed by atoms with van der Waals surface area (Å²) in [6, 6.07) is 20.6. The molecule has 4 rings (SSSR count). The number of anilines is 1. The number of nitrogens with zero attached hydrogens (tertiary/aromatic N) is 1. The Morgan fingerprint density at radius 3 is 2.07 bits per heavy atom. The second kappa shape index (κ2) is 16.0. The second-order valence-electron chi connectivity index (χ2n) is 9.82. The highest BCUT2D eigenvalue weighted by atomic mass is 32.2. The minimum absolute atomic E-state index is 0.151. The Kier molecular flexibility index (Phi) is 13.1. The SMILES string of the molecule is CS(=O)(=O)O.CS(=O)(=O)O.Cc1ccc(C(=O)OCc2ccc(C(CN)C(=O)Nc3ccc4cnccc4c3)cc2)c(C)c1. The number of nitrogens with two attached hydrogens (primary N) is 1. The number of benzene rings is 3. The van der Waals surface area contributed by atoms with Gasteiger partial charge in [0.1, 0.15) is 6.61 Å². The molecule has 1 atom stereocenters. The molecule has 0 radical (unpaired) electrons. The van der Waals surface area contributed by atoms with E-state index in [0.717, 1.165) is 33.0 Å². The third-order valence-corrected chi connectivity index (χ3v) is 5.81. The van der Waals surface area contributed by atoms with E-state index >= 15 is 0 Å². The molecule has 14 heteroatoms. The molecule has 12 nitrogen and oxygen atoms in total. The maximum absolute atomic E-state index is 12.9. The first kappa shape index (κ1) is 36.0. The van der Waals surface area contributed by atoms with Crippen molar-refractivity contribution in [1.29, 1.82) is 0 Å². The van der Waals surface area contributed by atoms with Crippen LogP contribution in [0.4, 0.5) is 5.69 Å². The summed E-state index contributed by atoms with van der Waals surface area (Å²) in [5.41, 5.74) is 10.8. The fourth-order valence-corrected chi connectivity index (χ4v) is 3.90. The number of carbonyl (C=O) groups excluding carboxylic acids is 2. The largest absolute Gasteiger partial charge is 0.457 e. The zero-order valence-corrected chi connectivity index (χ0v) is 26.2. The fraction of sp³-hybridized carbons (Fsp3) is 0.233. The number of aryl methyl sites for hydroxylation is 2. The molecule has 5 N–H and O–H groups in total. The summed E-state index contributed by atoms with van der Waals surface area (Å²) < 4.78 is 57.2. The van der Waals surface area contributed by atoms with Gasteiger partial charge >= 0.3 is 5.97 Å². The molecule has 0 fully saturated rings. The molecule has 0 aliphatic heterocycles. The molecule has 1 heterocycles. The van der Waals surface area contributed by atoms with E-state index in [1.807, 2.05) is 74.5 Å². The van der Waals surface area contributed by atoms with Gasteiger partial charge < -0.3 is 15.8 Å². The van der Waals surface area contributed by atoms with Gasteiger partial charge in [-0.15, -0.1) is 0 Å². The maximum atomic E-state index is 12.9. The van der Waals surface area contributed by atoms with Crippen molar-refractivity contribution in [2.45, 2.75) is 26.4 Å². The number of hydrogen-bond donors (Lipinski definition) is 4. The number of esters is 1. The van der Waals surface area contributed by atoms with E-state index in [0.29, 0.717) is 23.8 Å². The highest BCUT2D eigenvalue weighted by molar-refractivity contribution is 7.85. The Hall–Kier alpha value is -4.21. The van der Waals surface area contributed by atoms with Crippen LogP contribution in [0.2, 0.25) is 0 Å². The van der Waals surface area contributed by atoms with Gasteiger partial charge in [-0.25, -0.2) is 4.79 Å². The van der Waals surface area contributed by atoms with E-state index in [-0.39, 0.29) is 25.0 Å². The van der Waals surface area contributed by atoms with Crippen LogP contribution in [0.1, 0.15) is 38.5 Å². The Morgan fingerprint density at radius 2 is 1.50 bits per heavy atom. The molecule has 0 saturated heterocycles. The summed E-state index contributed by atoms with van der Waals surface area (Å²) >= 11 is 0. The molecule has 0 aliphatic rings. The third kappa shape index (κ3) is 13.4. The van der Waals surface area contributed by atoms with Crippen molar-refractivity contribution in [3.63, 3.8) is 0 Å². The Bertz CT molecular complexity index is 1760. The van der Waals surface area contributed by atoms with Crippen molar-refractivity contribution in [1.82, 2.24) is 4.98 Å². The van der Waals surface area contributed by atoms with Gasteiger partial charge in [-0.3, -0.25) is 18.9 Å². The van der Waals surface area contributed by atoms with E-state index in [9.17, 15) is 26.4 Å². The Balaban J connectivity index is 0.000000586. The summed E-state index contributed by atoms with van der Waals surface area (Å²) in [7, 11) is -7.33. The molecule has 1 aromatic heterocycles. The number of ether oxygens (including phenoxy) is 1. The van der Waals surface area contributed by atoms with Gasteiger partial charge in [-0.2, -0.15) is 16.8 Å². The molecule has 236 valence electrons. The number of nitrogens with one attached hydrogen (secondary N) is 1. The highest BCUT2D eigenvalue weighted by Crippen LogP contribution is 2.22. The van der Waals surface area contributed by atoms with Crippen LogP contribution in [0.25, 0.3) is 10.8 Å². The second-order valence-corrected chi connectivity index (χ2v) is 12.7. The fourth-order valence-electron chi connectivity index (χ4n) is 3.90. The van der Waals surface area contributed by atoms with E-state index < -0.39 is 26.2 Å². The van der Waals surface area contributed by atoms with Gasteiger partial charge in [0.15, 0.2) is 0 Å². The predicted molar refractivity (Wildman–Crippen MR) is 169 cm³/mol. The average Bonchev–Trinajstić information content (AvgIpc) is 2.91. The number of carbonyl (C=O) groups is 2. The molecule has 1 unspecified atom stereocenters. The van der Waals surface area contributed by atoms with Crippen LogP contribution in [-0.2, 0) is 36.4 Å². The first-order chi connectivity index (χ1) is 20.4. The van der Waals surface area contributed by atoms with Crippen LogP contribution in [0.5, 0.6) is 0 Å². The lowest BCUT2D eigenvalue weighted by Gasteiger charge is -2.16. The number of fused-ring (bicyclic) bond motifs is 1. The van der Waals surface area contributed by atoms with Crippen LogP contribution in [0, 0.1) is 13.8 Å². The van der Waals surface area contributed by atoms with E-state index in [4.69, 9.17) is 19.6 Å². The molecular formula is C30H35N3O9S2. The van der Waals surface area contributed by atoms with Crippen LogP contribution in [0.15, 0.2) is 79.1 Å². The van der Waals surface area contributed by atoms with Gasteiger partial charge in [0.25, 0.3) is 20.2 Å². The molecule has 4 aromatic rings. The number of hydrogen-bond acceptors (Lipinski definition) is 9. The van der Waals surface area contributed by atoms with E-state index in [1.54, 1.807) is 18.5 Å². The van der Waals surface area contributed by atoms with Gasteiger partial charge in [-0.1, -0.05) is 48.0 Å². The van der Waals surface area contributed by atoms with Gasteiger partial charge in [0, 0.05) is 30.0 Å². The predicted octanol–water partition coefficient (Wildman–Crippen LogP) is 3.90. The van der Waals surface area contributed by atoms with E-state index in [1.165, 1.54) is 0 Å². The minimum atomic E-state index is -3.67. The third-order valence-electron chi connectivity index (χ3n) is 5.81. The molecule has 0 saturated carbocycles. The lowest BCUT2D eigenvalue weighted by molar-refractivity contribution is -0.117. The number of rotatable bonds is 7. The lowest BCUT2D eigenvalue weighted by atomic mass is 9.97. The first-order valence-corrected chi connectivity index (χ1v) is 16.7. The topological polar surface area (TPSA) is 203 Å². The van der Waals surface area contributed by atoms with Crippen molar-refractivity contribution < 1.29 is 40.3 Å². The lowest BCUT2D eigenvalue weighted by Crippen LogP contribution is -2.27. The van der Waals surface area contributed by atoms with Crippen LogP contribution in [0.3, 0.4) is 0 Å². The van der Waals surface area contributed by atoms with Crippen LogP contribution < -0.4 is 11.1 Å². The van der Waals surface area contributed by atoms with Crippen molar-refractivity contribution in [3.8, 4) is 0 Å². The van der Waals surface area contributed by atoms with Crippen molar-refractivity contribution in [2.75, 3.05) is 24.4 Å². The minimum Gasteiger partial charge on any atom is -0.457 e. The van der Waals surface area contributed by atoms with Gasteiger partial charge in [-0.05, 0) is 60.2 Å². The zero-order chi connectivity index (χ0) is 33.1. The van der Waals surface area contributed by atoms with E-state index in [2.05, 4.69) is 10.3 Å². The van der Waals surface area contributed by atoms with Crippen LogP contribution in [-0.4, -0.2) is 61.9 Å².